The van der Waals surface area contributed by atoms with Crippen LogP contribution in [0.25, 0.3) is 22.3 Å². The highest BCUT2D eigenvalue weighted by Gasteiger charge is 2.13. The SMILES string of the molecule is CCOc1ccccc1-c1cc(=O)c2ccc(NC(=O)c3cccc(Cl)c3)cc2o1. The van der Waals surface area contributed by atoms with E-state index >= 15 is 0 Å². The van der Waals surface area contributed by atoms with E-state index in [0.717, 1.165) is 0 Å². The van der Waals surface area contributed by atoms with Crippen LogP contribution >= 0.6 is 11.6 Å². The van der Waals surface area contributed by atoms with E-state index in [1.165, 1.54) is 6.07 Å². The Bertz CT molecular complexity index is 1300. The van der Waals surface area contributed by atoms with Crippen molar-refractivity contribution in [2.24, 2.45) is 0 Å². The summed E-state index contributed by atoms with van der Waals surface area (Å²) in [5.41, 5.74) is 1.82. The van der Waals surface area contributed by atoms with Crippen LogP contribution in [0.1, 0.15) is 17.3 Å². The summed E-state index contributed by atoms with van der Waals surface area (Å²) in [7, 11) is 0. The molecule has 0 fully saturated rings. The predicted octanol–water partition coefficient (Wildman–Crippen LogP) is 5.76. The molecule has 5 nitrogen and oxygen atoms in total. The Morgan fingerprint density at radius 3 is 2.67 bits per heavy atom. The van der Waals surface area contributed by atoms with Crippen LogP contribution in [0, 0.1) is 0 Å². The van der Waals surface area contributed by atoms with Gasteiger partial charge in [0.05, 0.1) is 17.6 Å². The van der Waals surface area contributed by atoms with Gasteiger partial charge in [0, 0.05) is 28.4 Å². The van der Waals surface area contributed by atoms with Gasteiger partial charge in [-0.1, -0.05) is 29.8 Å². The number of benzene rings is 3. The fourth-order valence-corrected chi connectivity index (χ4v) is 3.34. The summed E-state index contributed by atoms with van der Waals surface area (Å²) in [4.78, 5) is 25.1. The third-order valence-corrected chi connectivity index (χ3v) is 4.76. The molecule has 150 valence electrons. The zero-order valence-electron chi connectivity index (χ0n) is 16.1. The number of fused-ring (bicyclic) bond motifs is 1. The van der Waals surface area contributed by atoms with E-state index in [1.807, 2.05) is 31.2 Å². The third kappa shape index (κ3) is 4.07. The molecule has 0 aliphatic heterocycles. The largest absolute Gasteiger partial charge is 0.493 e. The van der Waals surface area contributed by atoms with Gasteiger partial charge in [-0.15, -0.1) is 0 Å². The van der Waals surface area contributed by atoms with Gasteiger partial charge in [-0.25, -0.2) is 0 Å². The van der Waals surface area contributed by atoms with Crippen LogP contribution in [0.4, 0.5) is 5.69 Å². The monoisotopic (exact) mass is 419 g/mol. The molecule has 0 bridgehead atoms. The molecule has 4 aromatic rings. The summed E-state index contributed by atoms with van der Waals surface area (Å²) in [6.45, 7) is 2.39. The molecule has 1 heterocycles. The van der Waals surface area contributed by atoms with E-state index in [2.05, 4.69) is 5.32 Å². The van der Waals surface area contributed by atoms with E-state index in [9.17, 15) is 9.59 Å². The Kier molecular flexibility index (Phi) is 5.55. The van der Waals surface area contributed by atoms with Gasteiger partial charge in [0.2, 0.25) is 0 Å². The first-order valence-electron chi connectivity index (χ1n) is 9.42. The first kappa shape index (κ1) is 19.7. The van der Waals surface area contributed by atoms with E-state index in [-0.39, 0.29) is 11.3 Å². The van der Waals surface area contributed by atoms with Gasteiger partial charge in [-0.05, 0) is 49.4 Å². The average molecular weight is 420 g/mol. The van der Waals surface area contributed by atoms with Gasteiger partial charge in [-0.2, -0.15) is 0 Å². The maximum absolute atomic E-state index is 12.6. The molecule has 0 spiro atoms. The minimum atomic E-state index is -0.308. The Hall–Kier alpha value is -3.57. The Balaban J connectivity index is 1.72. The van der Waals surface area contributed by atoms with Crippen molar-refractivity contribution in [2.75, 3.05) is 11.9 Å². The molecule has 4 rings (SSSR count). The number of amides is 1. The van der Waals surface area contributed by atoms with Gasteiger partial charge in [0.1, 0.15) is 17.1 Å². The summed E-state index contributed by atoms with van der Waals surface area (Å²) in [5, 5.41) is 3.70. The van der Waals surface area contributed by atoms with Crippen LogP contribution in [0.3, 0.4) is 0 Å². The van der Waals surface area contributed by atoms with Crippen molar-refractivity contribution in [3.05, 3.63) is 93.6 Å². The number of para-hydroxylation sites is 1. The van der Waals surface area contributed by atoms with Crippen molar-refractivity contribution in [1.29, 1.82) is 0 Å². The maximum Gasteiger partial charge on any atom is 0.255 e. The van der Waals surface area contributed by atoms with Gasteiger partial charge < -0.3 is 14.5 Å². The molecule has 1 N–H and O–H groups in total. The lowest BCUT2D eigenvalue weighted by Crippen LogP contribution is -2.12. The Morgan fingerprint density at radius 1 is 1.03 bits per heavy atom. The molecule has 0 unspecified atom stereocenters. The highest BCUT2D eigenvalue weighted by Crippen LogP contribution is 2.31. The normalized spacial score (nSPS) is 10.7. The van der Waals surface area contributed by atoms with Crippen molar-refractivity contribution in [2.45, 2.75) is 6.92 Å². The number of carbonyl (C=O) groups excluding carboxylic acids is 1. The number of anilines is 1. The quantitative estimate of drug-likeness (QED) is 0.446. The Labute approximate surface area is 177 Å². The fraction of sp³-hybridized carbons (Fsp3) is 0.0833. The molecule has 0 saturated heterocycles. The van der Waals surface area contributed by atoms with Gasteiger partial charge in [0.25, 0.3) is 5.91 Å². The first-order valence-corrected chi connectivity index (χ1v) is 9.80. The van der Waals surface area contributed by atoms with Gasteiger partial charge in [-0.3, -0.25) is 9.59 Å². The molecule has 30 heavy (non-hydrogen) atoms. The second-order valence-corrected chi connectivity index (χ2v) is 7.02. The van der Waals surface area contributed by atoms with Crippen molar-refractivity contribution in [3.63, 3.8) is 0 Å². The summed E-state index contributed by atoms with van der Waals surface area (Å²) in [6, 6.07) is 20.4. The number of hydrogen-bond acceptors (Lipinski definition) is 4. The van der Waals surface area contributed by atoms with Crippen LogP contribution < -0.4 is 15.5 Å². The van der Waals surface area contributed by atoms with Gasteiger partial charge >= 0.3 is 0 Å². The van der Waals surface area contributed by atoms with Crippen molar-refractivity contribution in [3.8, 4) is 17.1 Å². The van der Waals surface area contributed by atoms with E-state index in [0.29, 0.717) is 50.9 Å². The summed E-state index contributed by atoms with van der Waals surface area (Å²) in [5.74, 6) is 0.722. The summed E-state index contributed by atoms with van der Waals surface area (Å²) < 4.78 is 11.7. The van der Waals surface area contributed by atoms with Crippen molar-refractivity contribution < 1.29 is 13.9 Å². The number of rotatable bonds is 5. The van der Waals surface area contributed by atoms with Crippen LogP contribution in [0.5, 0.6) is 5.75 Å². The second kappa shape index (κ2) is 8.43. The number of carbonyl (C=O) groups is 1. The molecule has 3 aromatic carbocycles. The smallest absolute Gasteiger partial charge is 0.255 e. The lowest BCUT2D eigenvalue weighted by molar-refractivity contribution is 0.102. The molecular formula is C24H18ClNO4. The fourth-order valence-electron chi connectivity index (χ4n) is 3.15. The average Bonchev–Trinajstić information content (AvgIpc) is 2.74. The van der Waals surface area contributed by atoms with Crippen LogP contribution in [0.15, 0.2) is 82.0 Å². The molecule has 0 aliphatic carbocycles. The molecule has 1 amide bonds. The number of halogens is 1. The van der Waals surface area contributed by atoms with E-state index < -0.39 is 0 Å². The number of hydrogen-bond donors (Lipinski definition) is 1. The van der Waals surface area contributed by atoms with Crippen LogP contribution in [-0.2, 0) is 0 Å². The minimum Gasteiger partial charge on any atom is -0.493 e. The van der Waals surface area contributed by atoms with Crippen molar-refractivity contribution in [1.82, 2.24) is 0 Å². The minimum absolute atomic E-state index is 0.176. The number of ether oxygens (including phenoxy) is 1. The molecule has 0 aliphatic rings. The van der Waals surface area contributed by atoms with Crippen LogP contribution in [0.2, 0.25) is 5.02 Å². The van der Waals surface area contributed by atoms with E-state index in [1.54, 1.807) is 42.5 Å². The summed E-state index contributed by atoms with van der Waals surface area (Å²) in [6.07, 6.45) is 0. The molecule has 0 radical (unpaired) electrons. The molecule has 6 heteroatoms. The molecule has 0 atom stereocenters. The highest BCUT2D eigenvalue weighted by atomic mass is 35.5. The third-order valence-electron chi connectivity index (χ3n) is 4.53. The highest BCUT2D eigenvalue weighted by molar-refractivity contribution is 6.31. The zero-order chi connectivity index (χ0) is 21.1. The summed E-state index contributed by atoms with van der Waals surface area (Å²) >= 11 is 5.96. The second-order valence-electron chi connectivity index (χ2n) is 6.58. The Morgan fingerprint density at radius 2 is 1.87 bits per heavy atom. The predicted molar refractivity (Wildman–Crippen MR) is 118 cm³/mol. The molecular weight excluding hydrogens is 402 g/mol. The number of nitrogens with one attached hydrogen (secondary N) is 1. The van der Waals surface area contributed by atoms with E-state index in [4.69, 9.17) is 20.8 Å². The standard InChI is InChI=1S/C24H18ClNO4/c1-2-29-21-9-4-3-8-19(21)23-14-20(27)18-11-10-17(13-22(18)30-23)26-24(28)15-6-5-7-16(25)12-15/h3-14H,2H2,1H3,(H,26,28). The topological polar surface area (TPSA) is 68.5 Å². The van der Waals surface area contributed by atoms with Crippen molar-refractivity contribution >= 4 is 34.2 Å². The first-order chi connectivity index (χ1) is 14.5. The zero-order valence-corrected chi connectivity index (χ0v) is 16.9. The van der Waals surface area contributed by atoms with Crippen LogP contribution in [-0.4, -0.2) is 12.5 Å². The molecule has 1 aromatic heterocycles. The lowest BCUT2D eigenvalue weighted by atomic mass is 10.1. The maximum atomic E-state index is 12.6. The molecule has 0 saturated carbocycles. The van der Waals surface area contributed by atoms with Gasteiger partial charge in [0.15, 0.2) is 5.43 Å². The lowest BCUT2D eigenvalue weighted by Gasteiger charge is -2.10.